The summed E-state index contributed by atoms with van der Waals surface area (Å²) in [5.41, 5.74) is 4.44. The van der Waals surface area contributed by atoms with Crippen LogP contribution in [0.1, 0.15) is 37.9 Å². The highest BCUT2D eigenvalue weighted by atomic mass is 32.2. The number of fused-ring (bicyclic) bond motifs is 2. The molecule has 1 atom stereocenters. The summed E-state index contributed by atoms with van der Waals surface area (Å²) in [6.45, 7) is 4.51. The Balaban J connectivity index is 0.00000210. The average Bonchev–Trinajstić information content (AvgIpc) is 3.09. The highest BCUT2D eigenvalue weighted by Gasteiger charge is 2.27. The molecule has 1 amide bonds. The summed E-state index contributed by atoms with van der Waals surface area (Å²) in [5, 5.41) is 9.53. The van der Waals surface area contributed by atoms with E-state index in [2.05, 4.69) is 17.0 Å². The van der Waals surface area contributed by atoms with Crippen molar-refractivity contribution in [1.29, 1.82) is 0 Å². The van der Waals surface area contributed by atoms with Crippen molar-refractivity contribution >= 4 is 23.8 Å². The number of piperazine rings is 1. The third-order valence-corrected chi connectivity index (χ3v) is 8.05. The first kappa shape index (κ1) is 30.0. The largest absolute Gasteiger partial charge is 0.489 e. The van der Waals surface area contributed by atoms with E-state index in [1.54, 1.807) is 34.9 Å². The van der Waals surface area contributed by atoms with E-state index in [9.17, 15) is 14.7 Å². The zero-order valence-corrected chi connectivity index (χ0v) is 22.4. The molecule has 1 unspecified atom stereocenters. The van der Waals surface area contributed by atoms with Gasteiger partial charge in [0.1, 0.15) is 19.0 Å². The van der Waals surface area contributed by atoms with Crippen molar-refractivity contribution in [1.82, 2.24) is 9.80 Å². The van der Waals surface area contributed by atoms with Gasteiger partial charge in [-0.05, 0) is 34.9 Å². The topological polar surface area (TPSA) is 142 Å². The van der Waals surface area contributed by atoms with Crippen molar-refractivity contribution in [3.63, 3.8) is 0 Å². The zero-order chi connectivity index (χ0) is 25.6. The smallest absolute Gasteiger partial charge is 0.410 e. The number of carbonyl (C=O) groups is 2. The maximum Gasteiger partial charge on any atom is 0.410 e. The molecule has 3 aromatic rings. The third-order valence-electron chi connectivity index (χ3n) is 6.79. The molecule has 0 spiro atoms. The van der Waals surface area contributed by atoms with Gasteiger partial charge in [0, 0.05) is 44.0 Å². The molecular formula is C29H34N2O7S. The molecule has 2 aliphatic heterocycles. The number of carboxylic acids is 1. The predicted molar refractivity (Wildman–Crippen MR) is 150 cm³/mol. The van der Waals surface area contributed by atoms with Gasteiger partial charge in [-0.25, -0.2) is 9.59 Å². The first-order chi connectivity index (χ1) is 18.1. The second-order valence-electron chi connectivity index (χ2n) is 9.16. The van der Waals surface area contributed by atoms with Crippen LogP contribution in [0.4, 0.5) is 4.79 Å². The molecule has 0 radical (unpaired) electrons. The van der Waals surface area contributed by atoms with Gasteiger partial charge in [-0.1, -0.05) is 54.6 Å². The Kier molecular flexibility index (Phi) is 10.8. The number of benzene rings is 3. The van der Waals surface area contributed by atoms with Crippen molar-refractivity contribution in [2.75, 3.05) is 38.5 Å². The number of nitrogens with zero attached hydrogens (tertiary/aromatic N) is 2. The number of rotatable bonds is 7. The molecule has 39 heavy (non-hydrogen) atoms. The molecule has 9 nitrogen and oxygen atoms in total. The molecule has 2 heterocycles. The minimum absolute atomic E-state index is 0. The molecule has 10 heteroatoms. The van der Waals surface area contributed by atoms with Crippen LogP contribution in [0.15, 0.2) is 72.8 Å². The molecule has 1 fully saturated rings. The molecule has 3 aromatic carbocycles. The molecule has 1 saturated heterocycles. The summed E-state index contributed by atoms with van der Waals surface area (Å²) in [5.74, 6) is 0.666. The van der Waals surface area contributed by atoms with Crippen LogP contribution in [0, 0.1) is 0 Å². The molecule has 5 rings (SSSR count). The number of hydrogen-bond donors (Lipinski definition) is 1. The highest BCUT2D eigenvalue weighted by Crippen LogP contribution is 2.44. The Morgan fingerprint density at radius 1 is 0.923 bits per heavy atom. The van der Waals surface area contributed by atoms with E-state index in [0.717, 1.165) is 47.8 Å². The van der Waals surface area contributed by atoms with Crippen LogP contribution in [0.25, 0.3) is 0 Å². The molecule has 0 bridgehead atoms. The van der Waals surface area contributed by atoms with Gasteiger partial charge in [0.15, 0.2) is 0 Å². The number of amides is 1. The molecular weight excluding hydrogens is 520 g/mol. The molecule has 0 saturated carbocycles. The standard InChI is InChI=1S/C29H30N2O5S.2H2O/c32-28(33)22-10-11-26-25(18-22)27(24-9-5-4-8-23(24)20-35-26)37-17-16-30-12-14-31(15-13-30)29(34)36-19-21-6-2-1-3-7-21;;/h1-11,18,27H,12-17,19-20H2,(H,32,33);2*1H2. The van der Waals surface area contributed by atoms with Gasteiger partial charge in [-0.2, -0.15) is 0 Å². The van der Waals surface area contributed by atoms with Crippen LogP contribution in [0.2, 0.25) is 0 Å². The monoisotopic (exact) mass is 554 g/mol. The number of ether oxygens (including phenoxy) is 2. The second kappa shape index (κ2) is 14.0. The maximum atomic E-state index is 12.5. The fraction of sp³-hybridized carbons (Fsp3) is 0.310. The lowest BCUT2D eigenvalue weighted by Gasteiger charge is -2.34. The third kappa shape index (κ3) is 7.30. The van der Waals surface area contributed by atoms with Gasteiger partial charge in [0.05, 0.1) is 10.8 Å². The van der Waals surface area contributed by atoms with Crippen molar-refractivity contribution < 1.29 is 35.1 Å². The predicted octanol–water partition coefficient (Wildman–Crippen LogP) is 3.40. The van der Waals surface area contributed by atoms with Gasteiger partial charge in [0.25, 0.3) is 0 Å². The summed E-state index contributed by atoms with van der Waals surface area (Å²) < 4.78 is 11.5. The lowest BCUT2D eigenvalue weighted by atomic mass is 9.98. The lowest BCUT2D eigenvalue weighted by molar-refractivity contribution is 0.0695. The fourth-order valence-electron chi connectivity index (χ4n) is 4.71. The quantitative estimate of drug-likeness (QED) is 0.472. The van der Waals surface area contributed by atoms with Crippen LogP contribution in [-0.2, 0) is 18.0 Å². The van der Waals surface area contributed by atoms with Crippen LogP contribution in [0.5, 0.6) is 5.75 Å². The number of thioether (sulfide) groups is 1. The van der Waals surface area contributed by atoms with Crippen LogP contribution in [0.3, 0.4) is 0 Å². The number of carboxylic acid groups (broad SMARTS) is 1. The first-order valence-corrected chi connectivity index (χ1v) is 13.5. The van der Waals surface area contributed by atoms with Gasteiger partial charge in [-0.15, -0.1) is 11.8 Å². The normalized spacial score (nSPS) is 16.3. The van der Waals surface area contributed by atoms with Gasteiger partial charge < -0.3 is 30.4 Å². The lowest BCUT2D eigenvalue weighted by Crippen LogP contribution is -2.49. The Bertz CT molecular complexity index is 1250. The molecule has 2 aliphatic rings. The van der Waals surface area contributed by atoms with E-state index < -0.39 is 5.97 Å². The molecule has 5 N–H and O–H groups in total. The van der Waals surface area contributed by atoms with Crippen molar-refractivity contribution in [2.45, 2.75) is 18.5 Å². The van der Waals surface area contributed by atoms with E-state index in [0.29, 0.717) is 19.7 Å². The summed E-state index contributed by atoms with van der Waals surface area (Å²) in [4.78, 5) is 28.2. The first-order valence-electron chi connectivity index (χ1n) is 12.5. The van der Waals surface area contributed by atoms with Crippen LogP contribution < -0.4 is 4.74 Å². The number of aromatic carboxylic acids is 1. The Morgan fingerprint density at radius 2 is 1.64 bits per heavy atom. The van der Waals surface area contributed by atoms with Gasteiger partial charge in [0.2, 0.25) is 0 Å². The summed E-state index contributed by atoms with van der Waals surface area (Å²) in [7, 11) is 0. The number of hydrogen-bond acceptors (Lipinski definition) is 6. The molecule has 208 valence electrons. The second-order valence-corrected chi connectivity index (χ2v) is 10.4. The van der Waals surface area contributed by atoms with E-state index in [1.807, 2.05) is 42.5 Å². The van der Waals surface area contributed by atoms with Crippen molar-refractivity contribution in [3.05, 3.63) is 101 Å². The summed E-state index contributed by atoms with van der Waals surface area (Å²) >= 11 is 1.80. The fourth-order valence-corrected chi connectivity index (χ4v) is 6.08. The van der Waals surface area contributed by atoms with E-state index >= 15 is 0 Å². The Morgan fingerprint density at radius 3 is 2.38 bits per heavy atom. The minimum atomic E-state index is -0.941. The highest BCUT2D eigenvalue weighted by molar-refractivity contribution is 7.99. The average molecular weight is 555 g/mol. The van der Waals surface area contributed by atoms with Gasteiger partial charge >= 0.3 is 12.1 Å². The summed E-state index contributed by atoms with van der Waals surface area (Å²) in [6.07, 6.45) is -0.265. The van der Waals surface area contributed by atoms with Gasteiger partial charge in [-0.3, -0.25) is 4.90 Å². The molecule has 0 aromatic heterocycles. The Labute approximate surface area is 231 Å². The van der Waals surface area contributed by atoms with Crippen molar-refractivity contribution in [3.8, 4) is 5.75 Å². The van der Waals surface area contributed by atoms with E-state index in [4.69, 9.17) is 9.47 Å². The Hall–Kier alpha value is -3.57. The van der Waals surface area contributed by atoms with E-state index in [-0.39, 0.29) is 34.5 Å². The molecule has 0 aliphatic carbocycles. The zero-order valence-electron chi connectivity index (χ0n) is 21.5. The van der Waals surface area contributed by atoms with Crippen LogP contribution in [-0.4, -0.2) is 76.4 Å². The van der Waals surface area contributed by atoms with Crippen molar-refractivity contribution in [2.24, 2.45) is 0 Å². The summed E-state index contributed by atoms with van der Waals surface area (Å²) in [6, 6.07) is 23.0. The number of carbonyl (C=O) groups excluding carboxylic acids is 1. The minimum Gasteiger partial charge on any atom is -0.489 e. The SMILES string of the molecule is O.O.O=C(O)c1ccc2c(c1)C(SCCN1CCN(C(=O)OCc3ccccc3)CC1)c1ccccc1CO2. The maximum absolute atomic E-state index is 12.5. The van der Waals surface area contributed by atoms with Crippen LogP contribution >= 0.6 is 11.8 Å². The van der Waals surface area contributed by atoms with E-state index in [1.165, 1.54) is 5.56 Å².